The first-order valence-electron chi connectivity index (χ1n) is 7.08. The lowest BCUT2D eigenvalue weighted by atomic mass is 10.2. The van der Waals surface area contributed by atoms with Crippen LogP contribution >= 0.6 is 11.3 Å². The summed E-state index contributed by atoms with van der Waals surface area (Å²) in [5.41, 5.74) is 2.06. The molecule has 108 valence electrons. The summed E-state index contributed by atoms with van der Waals surface area (Å²) >= 11 is 1.78. The van der Waals surface area contributed by atoms with Crippen molar-refractivity contribution in [1.82, 2.24) is 19.7 Å². The lowest BCUT2D eigenvalue weighted by Crippen LogP contribution is -2.03. The van der Waals surface area contributed by atoms with Gasteiger partial charge in [-0.2, -0.15) is 10.2 Å². The third-order valence-corrected chi connectivity index (χ3v) is 4.84. The molecule has 0 bridgehead atoms. The van der Waals surface area contributed by atoms with Crippen LogP contribution in [0.3, 0.4) is 0 Å². The molecule has 0 aliphatic rings. The van der Waals surface area contributed by atoms with Gasteiger partial charge in [0.2, 0.25) is 0 Å². The summed E-state index contributed by atoms with van der Waals surface area (Å²) in [7, 11) is 0. The van der Waals surface area contributed by atoms with Crippen LogP contribution in [-0.2, 0) is 6.54 Å². The van der Waals surface area contributed by atoms with Gasteiger partial charge in [0.05, 0.1) is 18.4 Å². The smallest absolute Gasteiger partial charge is 0.105 e. The van der Waals surface area contributed by atoms with Gasteiger partial charge in [0.25, 0.3) is 0 Å². The Labute approximate surface area is 132 Å². The second-order valence-electron chi connectivity index (χ2n) is 5.19. The van der Waals surface area contributed by atoms with E-state index < -0.39 is 0 Å². The van der Waals surface area contributed by atoms with Gasteiger partial charge in [-0.3, -0.25) is 0 Å². The van der Waals surface area contributed by atoms with E-state index in [-0.39, 0.29) is 0 Å². The maximum Gasteiger partial charge on any atom is 0.105 e. The molecule has 3 aromatic heterocycles. The van der Waals surface area contributed by atoms with Crippen LogP contribution in [0, 0.1) is 6.92 Å². The highest BCUT2D eigenvalue weighted by Crippen LogP contribution is 2.33. The fourth-order valence-corrected chi connectivity index (χ4v) is 3.54. The molecule has 0 aliphatic heterocycles. The normalized spacial score (nSPS) is 11.1. The standard InChI is InChI=1S/C17H14N4S/c1-12-18-6-7-21(12)11-15-8-14(10-19-20-15)17-9-13-4-2-3-5-16(13)22-17/h2-10H,11H2,1H3. The van der Waals surface area contributed by atoms with Gasteiger partial charge >= 0.3 is 0 Å². The summed E-state index contributed by atoms with van der Waals surface area (Å²) < 4.78 is 3.36. The molecule has 4 aromatic rings. The van der Waals surface area contributed by atoms with Gasteiger partial charge in [0.15, 0.2) is 0 Å². The van der Waals surface area contributed by atoms with E-state index >= 15 is 0 Å². The maximum atomic E-state index is 4.24. The number of fused-ring (bicyclic) bond motifs is 1. The van der Waals surface area contributed by atoms with Crippen molar-refractivity contribution in [2.45, 2.75) is 13.5 Å². The predicted octanol–water partition coefficient (Wildman–Crippen LogP) is 3.91. The topological polar surface area (TPSA) is 43.6 Å². The van der Waals surface area contributed by atoms with Gasteiger partial charge in [-0.25, -0.2) is 4.98 Å². The Morgan fingerprint density at radius 3 is 2.91 bits per heavy atom. The minimum atomic E-state index is 0.692. The summed E-state index contributed by atoms with van der Waals surface area (Å²) in [5.74, 6) is 0.981. The fourth-order valence-electron chi connectivity index (χ4n) is 2.49. The number of nitrogens with zero attached hydrogens (tertiary/aromatic N) is 4. The second kappa shape index (κ2) is 5.35. The van der Waals surface area contributed by atoms with Crippen molar-refractivity contribution >= 4 is 21.4 Å². The van der Waals surface area contributed by atoms with E-state index in [0.29, 0.717) is 6.54 Å². The zero-order valence-corrected chi connectivity index (χ0v) is 12.9. The van der Waals surface area contributed by atoms with Gasteiger partial charge in [0, 0.05) is 27.5 Å². The number of thiophene rings is 1. The number of rotatable bonds is 3. The molecule has 4 nitrogen and oxygen atoms in total. The molecule has 5 heteroatoms. The number of benzene rings is 1. The Balaban J connectivity index is 1.70. The highest BCUT2D eigenvalue weighted by Gasteiger charge is 2.07. The Bertz CT molecular complexity index is 905. The molecule has 0 spiro atoms. The summed E-state index contributed by atoms with van der Waals surface area (Å²) in [5, 5.41) is 9.67. The van der Waals surface area contributed by atoms with Crippen LogP contribution in [0.15, 0.2) is 55.0 Å². The van der Waals surface area contributed by atoms with Gasteiger partial charge in [0.1, 0.15) is 5.82 Å². The first kappa shape index (κ1) is 13.2. The quantitative estimate of drug-likeness (QED) is 0.576. The van der Waals surface area contributed by atoms with E-state index in [0.717, 1.165) is 17.1 Å². The molecular formula is C17H14N4S. The van der Waals surface area contributed by atoms with Crippen LogP contribution in [-0.4, -0.2) is 19.7 Å². The van der Waals surface area contributed by atoms with E-state index in [9.17, 15) is 0 Å². The van der Waals surface area contributed by atoms with Gasteiger partial charge < -0.3 is 4.57 Å². The molecule has 0 aliphatic carbocycles. The van der Waals surface area contributed by atoms with Crippen molar-refractivity contribution in [3.05, 3.63) is 66.5 Å². The zero-order chi connectivity index (χ0) is 14.9. The van der Waals surface area contributed by atoms with Crippen LogP contribution in [0.5, 0.6) is 0 Å². The fraction of sp³-hybridized carbons (Fsp3) is 0.118. The van der Waals surface area contributed by atoms with Crippen molar-refractivity contribution in [3.8, 4) is 10.4 Å². The molecule has 3 heterocycles. The van der Waals surface area contributed by atoms with E-state index in [4.69, 9.17) is 0 Å². The average molecular weight is 306 g/mol. The molecule has 22 heavy (non-hydrogen) atoms. The lowest BCUT2D eigenvalue weighted by molar-refractivity contribution is 0.727. The average Bonchev–Trinajstić information content (AvgIpc) is 3.14. The molecule has 4 rings (SSSR count). The Kier molecular flexibility index (Phi) is 3.20. The van der Waals surface area contributed by atoms with Crippen LogP contribution in [0.25, 0.3) is 20.5 Å². The van der Waals surface area contributed by atoms with Crippen LogP contribution in [0.4, 0.5) is 0 Å². The first-order valence-corrected chi connectivity index (χ1v) is 7.89. The molecule has 0 radical (unpaired) electrons. The largest absolute Gasteiger partial charge is 0.329 e. The van der Waals surface area contributed by atoms with Crippen molar-refractivity contribution < 1.29 is 0 Å². The van der Waals surface area contributed by atoms with Gasteiger partial charge in [-0.05, 0) is 30.5 Å². The number of imidazole rings is 1. The highest BCUT2D eigenvalue weighted by molar-refractivity contribution is 7.22. The molecular weight excluding hydrogens is 292 g/mol. The Morgan fingerprint density at radius 2 is 2.09 bits per heavy atom. The van der Waals surface area contributed by atoms with Crippen LogP contribution in [0.2, 0.25) is 0 Å². The first-order chi connectivity index (χ1) is 10.8. The van der Waals surface area contributed by atoms with E-state index in [2.05, 4.69) is 56.1 Å². The molecule has 0 saturated heterocycles. The van der Waals surface area contributed by atoms with E-state index in [1.54, 1.807) is 17.5 Å². The second-order valence-corrected chi connectivity index (χ2v) is 6.27. The third-order valence-electron chi connectivity index (χ3n) is 3.67. The minimum absolute atomic E-state index is 0.692. The van der Waals surface area contributed by atoms with Crippen molar-refractivity contribution in [2.24, 2.45) is 0 Å². The monoisotopic (exact) mass is 306 g/mol. The molecule has 0 amide bonds. The van der Waals surface area contributed by atoms with Crippen LogP contribution < -0.4 is 0 Å². The predicted molar refractivity (Wildman–Crippen MR) is 88.9 cm³/mol. The summed E-state index contributed by atoms with van der Waals surface area (Å²) in [4.78, 5) is 5.46. The third kappa shape index (κ3) is 2.40. The summed E-state index contributed by atoms with van der Waals surface area (Å²) in [6.45, 7) is 2.68. The zero-order valence-electron chi connectivity index (χ0n) is 12.1. The van der Waals surface area contributed by atoms with E-state index in [1.165, 1.54) is 15.0 Å². The number of hydrogen-bond acceptors (Lipinski definition) is 4. The van der Waals surface area contributed by atoms with Gasteiger partial charge in [-0.1, -0.05) is 18.2 Å². The lowest BCUT2D eigenvalue weighted by Gasteiger charge is -2.05. The van der Waals surface area contributed by atoms with Crippen molar-refractivity contribution in [1.29, 1.82) is 0 Å². The van der Waals surface area contributed by atoms with Crippen molar-refractivity contribution in [2.75, 3.05) is 0 Å². The summed E-state index contributed by atoms with van der Waals surface area (Å²) in [6, 6.07) is 12.7. The van der Waals surface area contributed by atoms with Gasteiger partial charge in [-0.15, -0.1) is 11.3 Å². The number of hydrogen-bond donors (Lipinski definition) is 0. The molecule has 0 unspecified atom stereocenters. The molecule has 0 saturated carbocycles. The minimum Gasteiger partial charge on any atom is -0.329 e. The summed E-state index contributed by atoms with van der Waals surface area (Å²) in [6.07, 6.45) is 5.59. The molecule has 0 N–H and O–H groups in total. The maximum absolute atomic E-state index is 4.24. The van der Waals surface area contributed by atoms with Crippen molar-refractivity contribution in [3.63, 3.8) is 0 Å². The highest BCUT2D eigenvalue weighted by atomic mass is 32.1. The molecule has 1 aromatic carbocycles. The molecule has 0 atom stereocenters. The SMILES string of the molecule is Cc1nccn1Cc1cc(-c2cc3ccccc3s2)cnn1. The van der Waals surface area contributed by atoms with E-state index in [1.807, 2.05) is 19.3 Å². The van der Waals surface area contributed by atoms with Crippen LogP contribution in [0.1, 0.15) is 11.5 Å². The molecule has 0 fully saturated rings. The Hall–Kier alpha value is -2.53. The number of aryl methyl sites for hydroxylation is 1. The number of aromatic nitrogens is 4. The Morgan fingerprint density at radius 1 is 1.18 bits per heavy atom.